The molecule has 0 unspecified atom stereocenters. The van der Waals surface area contributed by atoms with Crippen molar-refractivity contribution in [1.82, 2.24) is 25.1 Å². The average Bonchev–Trinajstić information content (AvgIpc) is 3.04. The van der Waals surface area contributed by atoms with E-state index in [-0.39, 0.29) is 18.4 Å². The number of carbonyl (C=O) groups is 2. The van der Waals surface area contributed by atoms with Gasteiger partial charge in [-0.15, -0.1) is 10.2 Å². The number of benzene rings is 1. The third-order valence-electron chi connectivity index (χ3n) is 4.03. The van der Waals surface area contributed by atoms with E-state index in [1.54, 1.807) is 29.2 Å². The van der Waals surface area contributed by atoms with Crippen molar-refractivity contribution in [3.05, 3.63) is 29.3 Å². The van der Waals surface area contributed by atoms with Gasteiger partial charge >= 0.3 is 5.97 Å². The van der Waals surface area contributed by atoms with Crippen molar-refractivity contribution in [2.75, 3.05) is 13.1 Å². The number of halogens is 1. The van der Waals surface area contributed by atoms with E-state index in [1.165, 1.54) is 4.80 Å². The van der Waals surface area contributed by atoms with Gasteiger partial charge in [0, 0.05) is 23.7 Å². The van der Waals surface area contributed by atoms with Crippen molar-refractivity contribution < 1.29 is 14.7 Å². The lowest BCUT2D eigenvalue weighted by molar-refractivity contribution is -0.146. The molecular weight excluding hydrogens is 334 g/mol. The van der Waals surface area contributed by atoms with Crippen molar-refractivity contribution in [2.45, 2.75) is 19.4 Å². The largest absolute Gasteiger partial charge is 0.481 e. The summed E-state index contributed by atoms with van der Waals surface area (Å²) >= 11 is 5.84. The summed E-state index contributed by atoms with van der Waals surface area (Å²) in [6.45, 7) is 0.863. The van der Waals surface area contributed by atoms with Crippen LogP contribution in [0.25, 0.3) is 11.4 Å². The molecular formula is C15H16ClN5O3. The zero-order valence-electron chi connectivity index (χ0n) is 12.8. The predicted octanol–water partition coefficient (Wildman–Crippen LogP) is 1.32. The fourth-order valence-electron chi connectivity index (χ4n) is 2.62. The Morgan fingerprint density at radius 3 is 2.50 bits per heavy atom. The van der Waals surface area contributed by atoms with Crippen LogP contribution in [0.15, 0.2) is 24.3 Å². The van der Waals surface area contributed by atoms with E-state index in [1.807, 2.05) is 0 Å². The molecule has 126 valence electrons. The van der Waals surface area contributed by atoms with Crippen LogP contribution in [0.4, 0.5) is 0 Å². The molecule has 2 aromatic rings. The number of tetrazole rings is 1. The van der Waals surface area contributed by atoms with E-state index in [2.05, 4.69) is 15.4 Å². The molecule has 24 heavy (non-hydrogen) atoms. The number of nitrogens with zero attached hydrogens (tertiary/aromatic N) is 5. The van der Waals surface area contributed by atoms with Gasteiger partial charge in [-0.05, 0) is 42.3 Å². The van der Waals surface area contributed by atoms with Crippen LogP contribution in [0.2, 0.25) is 5.02 Å². The van der Waals surface area contributed by atoms with Crippen molar-refractivity contribution in [2.24, 2.45) is 5.92 Å². The predicted molar refractivity (Wildman–Crippen MR) is 85.2 cm³/mol. The molecule has 0 bridgehead atoms. The Labute approximate surface area is 143 Å². The van der Waals surface area contributed by atoms with Crippen LogP contribution in [0.3, 0.4) is 0 Å². The zero-order chi connectivity index (χ0) is 17.1. The minimum Gasteiger partial charge on any atom is -0.481 e. The first kappa shape index (κ1) is 16.4. The number of likely N-dealkylation sites (tertiary alicyclic amines) is 1. The molecule has 1 aliphatic rings. The number of hydrogen-bond donors (Lipinski definition) is 1. The van der Waals surface area contributed by atoms with Gasteiger partial charge in [0.2, 0.25) is 11.7 Å². The van der Waals surface area contributed by atoms with Gasteiger partial charge in [0.15, 0.2) is 0 Å². The van der Waals surface area contributed by atoms with Gasteiger partial charge in [-0.3, -0.25) is 9.59 Å². The molecule has 0 saturated carbocycles. The van der Waals surface area contributed by atoms with Crippen LogP contribution in [0.5, 0.6) is 0 Å². The van der Waals surface area contributed by atoms with Gasteiger partial charge in [-0.25, -0.2) is 0 Å². The fraction of sp³-hybridized carbons (Fsp3) is 0.400. The summed E-state index contributed by atoms with van der Waals surface area (Å²) in [5.41, 5.74) is 0.764. The van der Waals surface area contributed by atoms with E-state index in [9.17, 15) is 9.59 Å². The molecule has 1 aromatic heterocycles. The summed E-state index contributed by atoms with van der Waals surface area (Å²) in [6, 6.07) is 7.02. The normalized spacial score (nSPS) is 15.5. The van der Waals surface area contributed by atoms with E-state index in [4.69, 9.17) is 16.7 Å². The van der Waals surface area contributed by atoms with Crippen molar-refractivity contribution >= 4 is 23.5 Å². The second kappa shape index (κ2) is 6.96. The highest BCUT2D eigenvalue weighted by molar-refractivity contribution is 6.30. The summed E-state index contributed by atoms with van der Waals surface area (Å²) in [4.78, 5) is 26.1. The summed E-state index contributed by atoms with van der Waals surface area (Å²) in [5, 5.41) is 21.6. The summed E-state index contributed by atoms with van der Waals surface area (Å²) in [7, 11) is 0. The highest BCUT2D eigenvalue weighted by Gasteiger charge is 2.27. The lowest BCUT2D eigenvalue weighted by atomic mass is 9.97. The standard InChI is InChI=1S/C15H16ClN5O3/c16-12-3-1-10(2-4-12)14-17-19-21(18-14)9-13(22)20-7-5-11(6-8-20)15(23)24/h1-4,11H,5-9H2,(H,23,24). The monoisotopic (exact) mass is 349 g/mol. The summed E-state index contributed by atoms with van der Waals surface area (Å²) in [6.07, 6.45) is 0.948. The number of rotatable bonds is 4. The molecule has 1 fully saturated rings. The van der Waals surface area contributed by atoms with E-state index < -0.39 is 5.97 Å². The van der Waals surface area contributed by atoms with Crippen LogP contribution >= 0.6 is 11.6 Å². The van der Waals surface area contributed by atoms with Gasteiger partial charge in [0.25, 0.3) is 0 Å². The molecule has 0 radical (unpaired) electrons. The quantitative estimate of drug-likeness (QED) is 0.893. The number of piperidine rings is 1. The van der Waals surface area contributed by atoms with Gasteiger partial charge < -0.3 is 10.0 Å². The van der Waals surface area contributed by atoms with E-state index in [0.29, 0.717) is 36.8 Å². The maximum absolute atomic E-state index is 12.3. The number of carboxylic acids is 1. The molecule has 0 spiro atoms. The molecule has 0 aliphatic carbocycles. The Balaban J connectivity index is 1.59. The summed E-state index contributed by atoms with van der Waals surface area (Å²) in [5.74, 6) is -0.884. The number of aromatic nitrogens is 4. The van der Waals surface area contributed by atoms with Crippen molar-refractivity contribution in [3.63, 3.8) is 0 Å². The molecule has 8 nitrogen and oxygen atoms in total. The molecule has 1 saturated heterocycles. The maximum Gasteiger partial charge on any atom is 0.306 e. The molecule has 1 amide bonds. The van der Waals surface area contributed by atoms with Gasteiger partial charge in [-0.1, -0.05) is 11.6 Å². The second-order valence-corrected chi connectivity index (χ2v) is 6.08. The Bertz CT molecular complexity index is 738. The number of hydrogen-bond acceptors (Lipinski definition) is 5. The van der Waals surface area contributed by atoms with Crippen LogP contribution in [0.1, 0.15) is 12.8 Å². The SMILES string of the molecule is O=C(O)C1CCN(C(=O)Cn2nnc(-c3ccc(Cl)cc3)n2)CC1. The Hall–Kier alpha value is -2.48. The Morgan fingerprint density at radius 1 is 1.21 bits per heavy atom. The van der Waals surface area contributed by atoms with Gasteiger partial charge in [0.05, 0.1) is 5.92 Å². The number of carboxylic acid groups (broad SMARTS) is 1. The molecule has 3 rings (SSSR count). The van der Waals surface area contributed by atoms with E-state index in [0.717, 1.165) is 5.56 Å². The number of carbonyl (C=O) groups excluding carboxylic acids is 1. The molecule has 1 N–H and O–H groups in total. The second-order valence-electron chi connectivity index (χ2n) is 5.64. The van der Waals surface area contributed by atoms with Crippen LogP contribution in [-0.2, 0) is 16.1 Å². The van der Waals surface area contributed by atoms with E-state index >= 15 is 0 Å². The first-order valence-corrected chi connectivity index (χ1v) is 7.95. The van der Waals surface area contributed by atoms with Crippen LogP contribution in [0, 0.1) is 5.92 Å². The zero-order valence-corrected chi connectivity index (χ0v) is 13.6. The highest BCUT2D eigenvalue weighted by Crippen LogP contribution is 2.18. The molecule has 1 aliphatic heterocycles. The van der Waals surface area contributed by atoms with Gasteiger partial charge in [0.1, 0.15) is 6.54 Å². The first-order valence-electron chi connectivity index (χ1n) is 7.57. The Morgan fingerprint density at radius 2 is 1.88 bits per heavy atom. The number of amides is 1. The van der Waals surface area contributed by atoms with Crippen LogP contribution < -0.4 is 0 Å². The van der Waals surface area contributed by atoms with Crippen LogP contribution in [-0.4, -0.2) is 55.2 Å². The minimum atomic E-state index is -0.798. The molecule has 9 heteroatoms. The number of aliphatic carboxylic acids is 1. The van der Waals surface area contributed by atoms with Crippen molar-refractivity contribution in [3.8, 4) is 11.4 Å². The lowest BCUT2D eigenvalue weighted by Crippen LogP contribution is -2.42. The Kier molecular flexibility index (Phi) is 4.75. The smallest absolute Gasteiger partial charge is 0.306 e. The molecule has 0 atom stereocenters. The molecule has 2 heterocycles. The third-order valence-corrected chi connectivity index (χ3v) is 4.28. The summed E-state index contributed by atoms with van der Waals surface area (Å²) < 4.78 is 0. The lowest BCUT2D eigenvalue weighted by Gasteiger charge is -2.29. The maximum atomic E-state index is 12.3. The van der Waals surface area contributed by atoms with Crippen molar-refractivity contribution in [1.29, 1.82) is 0 Å². The van der Waals surface area contributed by atoms with Gasteiger partial charge in [-0.2, -0.15) is 4.80 Å². The fourth-order valence-corrected chi connectivity index (χ4v) is 2.75. The molecule has 1 aromatic carbocycles. The third kappa shape index (κ3) is 3.70. The average molecular weight is 350 g/mol. The first-order chi connectivity index (χ1) is 11.5. The minimum absolute atomic E-state index is 0.0155. The topological polar surface area (TPSA) is 101 Å². The highest BCUT2D eigenvalue weighted by atomic mass is 35.5.